The summed E-state index contributed by atoms with van der Waals surface area (Å²) in [5, 5.41) is 0. The number of anilines is 1. The summed E-state index contributed by atoms with van der Waals surface area (Å²) >= 11 is 0. The van der Waals surface area contributed by atoms with Crippen LogP contribution in [0, 0.1) is 0 Å². The summed E-state index contributed by atoms with van der Waals surface area (Å²) in [4.78, 5) is 2.38. The molecule has 0 radical (unpaired) electrons. The van der Waals surface area contributed by atoms with Crippen molar-refractivity contribution in [1.29, 1.82) is 0 Å². The van der Waals surface area contributed by atoms with Crippen LogP contribution in [-0.2, 0) is 4.74 Å². The maximum absolute atomic E-state index is 5.85. The standard InChI is InChI=1S/C14H22N2O/c1-10-8-16(9-11(2)17-10)14-6-4-13(5-7-14)12(3)15/h4-7,10-12H,8-9,15H2,1-3H3/t10-,11+,12?. The summed E-state index contributed by atoms with van der Waals surface area (Å²) < 4.78 is 5.74. The molecule has 3 atom stereocenters. The molecule has 0 bridgehead atoms. The van der Waals surface area contributed by atoms with Crippen molar-refractivity contribution in [2.24, 2.45) is 5.73 Å². The average molecular weight is 234 g/mol. The fraction of sp³-hybridized carbons (Fsp3) is 0.571. The number of nitrogens with two attached hydrogens (primary N) is 1. The van der Waals surface area contributed by atoms with Crippen molar-refractivity contribution in [2.45, 2.75) is 39.0 Å². The van der Waals surface area contributed by atoms with Gasteiger partial charge >= 0.3 is 0 Å². The van der Waals surface area contributed by atoms with Gasteiger partial charge < -0.3 is 15.4 Å². The topological polar surface area (TPSA) is 38.5 Å². The van der Waals surface area contributed by atoms with Crippen molar-refractivity contribution in [1.82, 2.24) is 0 Å². The molecule has 2 N–H and O–H groups in total. The number of benzene rings is 1. The highest BCUT2D eigenvalue weighted by molar-refractivity contribution is 5.48. The van der Waals surface area contributed by atoms with Crippen molar-refractivity contribution < 1.29 is 4.74 Å². The molecular weight excluding hydrogens is 212 g/mol. The van der Waals surface area contributed by atoms with Crippen LogP contribution in [0.3, 0.4) is 0 Å². The molecule has 1 aromatic carbocycles. The molecule has 1 unspecified atom stereocenters. The Morgan fingerprint density at radius 2 is 1.71 bits per heavy atom. The molecule has 1 aromatic rings. The minimum atomic E-state index is 0.103. The van der Waals surface area contributed by atoms with Crippen molar-refractivity contribution in [2.75, 3.05) is 18.0 Å². The average Bonchev–Trinajstić information content (AvgIpc) is 2.28. The lowest BCUT2D eigenvalue weighted by atomic mass is 10.1. The first kappa shape index (κ1) is 12.4. The molecule has 1 aliphatic rings. The van der Waals surface area contributed by atoms with Gasteiger partial charge in [0.15, 0.2) is 0 Å². The molecule has 0 amide bonds. The molecule has 1 fully saturated rings. The van der Waals surface area contributed by atoms with Crippen molar-refractivity contribution in [3.05, 3.63) is 29.8 Å². The zero-order chi connectivity index (χ0) is 12.4. The lowest BCUT2D eigenvalue weighted by molar-refractivity contribution is -0.00521. The summed E-state index contributed by atoms with van der Waals surface area (Å²) in [6.07, 6.45) is 0.596. The molecule has 2 rings (SSSR count). The molecule has 3 heteroatoms. The van der Waals surface area contributed by atoms with Crippen LogP contribution >= 0.6 is 0 Å². The van der Waals surface area contributed by atoms with Gasteiger partial charge in [0.25, 0.3) is 0 Å². The van der Waals surface area contributed by atoms with Gasteiger partial charge in [-0.25, -0.2) is 0 Å². The first-order chi connectivity index (χ1) is 8.06. The van der Waals surface area contributed by atoms with Gasteiger partial charge in [0.2, 0.25) is 0 Å². The fourth-order valence-electron chi connectivity index (χ4n) is 2.38. The minimum Gasteiger partial charge on any atom is -0.372 e. The van der Waals surface area contributed by atoms with Crippen molar-refractivity contribution >= 4 is 5.69 Å². The minimum absolute atomic E-state index is 0.103. The van der Waals surface area contributed by atoms with Gasteiger partial charge in [-0.15, -0.1) is 0 Å². The Morgan fingerprint density at radius 3 is 2.18 bits per heavy atom. The molecule has 0 saturated carbocycles. The van der Waals surface area contributed by atoms with Crippen LogP contribution in [0.2, 0.25) is 0 Å². The van der Waals surface area contributed by atoms with Gasteiger partial charge in [-0.1, -0.05) is 12.1 Å². The van der Waals surface area contributed by atoms with Crippen LogP contribution in [0.15, 0.2) is 24.3 Å². The Bertz CT molecular complexity index is 351. The quantitative estimate of drug-likeness (QED) is 0.853. The molecule has 1 heterocycles. The summed E-state index contributed by atoms with van der Waals surface area (Å²) in [6.45, 7) is 8.18. The molecule has 94 valence electrons. The number of ether oxygens (including phenoxy) is 1. The smallest absolute Gasteiger partial charge is 0.0726 e. The normalized spacial score (nSPS) is 26.9. The lowest BCUT2D eigenvalue weighted by Gasteiger charge is -2.37. The molecule has 0 aliphatic carbocycles. The first-order valence-corrected chi connectivity index (χ1v) is 6.32. The van der Waals surface area contributed by atoms with E-state index in [9.17, 15) is 0 Å². The largest absolute Gasteiger partial charge is 0.372 e. The molecule has 1 saturated heterocycles. The predicted octanol–water partition coefficient (Wildman–Crippen LogP) is 2.32. The molecule has 0 spiro atoms. The van der Waals surface area contributed by atoms with Crippen LogP contribution in [0.25, 0.3) is 0 Å². The van der Waals surface area contributed by atoms with E-state index in [-0.39, 0.29) is 6.04 Å². The van der Waals surface area contributed by atoms with Crippen LogP contribution in [0.1, 0.15) is 32.4 Å². The number of nitrogens with zero attached hydrogens (tertiary/aromatic N) is 1. The molecule has 17 heavy (non-hydrogen) atoms. The van der Waals surface area contributed by atoms with Gasteiger partial charge in [0.05, 0.1) is 12.2 Å². The zero-order valence-electron chi connectivity index (χ0n) is 10.9. The second kappa shape index (κ2) is 5.07. The molecule has 3 nitrogen and oxygen atoms in total. The Morgan fingerprint density at radius 1 is 1.18 bits per heavy atom. The molecular formula is C14H22N2O. The molecule has 1 aliphatic heterocycles. The van der Waals surface area contributed by atoms with E-state index >= 15 is 0 Å². The number of rotatable bonds is 2. The van der Waals surface area contributed by atoms with Gasteiger partial charge in [0, 0.05) is 24.8 Å². The maximum atomic E-state index is 5.85. The summed E-state index contributed by atoms with van der Waals surface area (Å²) in [6, 6.07) is 8.65. The van der Waals surface area contributed by atoms with Crippen LogP contribution in [0.4, 0.5) is 5.69 Å². The highest BCUT2D eigenvalue weighted by Crippen LogP contribution is 2.22. The highest BCUT2D eigenvalue weighted by Gasteiger charge is 2.22. The second-order valence-corrected chi connectivity index (χ2v) is 5.04. The number of hydrogen-bond acceptors (Lipinski definition) is 3. The van der Waals surface area contributed by atoms with Crippen LogP contribution in [0.5, 0.6) is 0 Å². The zero-order valence-corrected chi connectivity index (χ0v) is 10.9. The van der Waals surface area contributed by atoms with Gasteiger partial charge in [-0.2, -0.15) is 0 Å². The van der Waals surface area contributed by atoms with Crippen molar-refractivity contribution in [3.63, 3.8) is 0 Å². The maximum Gasteiger partial charge on any atom is 0.0726 e. The Kier molecular flexibility index (Phi) is 3.69. The third kappa shape index (κ3) is 2.99. The summed E-state index contributed by atoms with van der Waals surface area (Å²) in [7, 11) is 0. The van der Waals surface area contributed by atoms with Gasteiger partial charge in [0.1, 0.15) is 0 Å². The number of hydrogen-bond donors (Lipinski definition) is 1. The van der Waals surface area contributed by atoms with Gasteiger partial charge in [-0.05, 0) is 38.5 Å². The van der Waals surface area contributed by atoms with E-state index < -0.39 is 0 Å². The van der Waals surface area contributed by atoms with Crippen LogP contribution in [-0.4, -0.2) is 25.3 Å². The summed E-state index contributed by atoms with van der Waals surface area (Å²) in [5.74, 6) is 0. The predicted molar refractivity (Wildman–Crippen MR) is 71.3 cm³/mol. The Balaban J connectivity index is 2.11. The third-order valence-corrected chi connectivity index (χ3v) is 3.20. The third-order valence-electron chi connectivity index (χ3n) is 3.20. The highest BCUT2D eigenvalue weighted by atomic mass is 16.5. The van der Waals surface area contributed by atoms with E-state index in [0.29, 0.717) is 12.2 Å². The van der Waals surface area contributed by atoms with E-state index in [0.717, 1.165) is 13.1 Å². The van der Waals surface area contributed by atoms with E-state index in [4.69, 9.17) is 10.5 Å². The fourth-order valence-corrected chi connectivity index (χ4v) is 2.38. The first-order valence-electron chi connectivity index (χ1n) is 6.32. The van der Waals surface area contributed by atoms with Crippen LogP contribution < -0.4 is 10.6 Å². The SMILES string of the molecule is CC(N)c1ccc(N2C[C@@H](C)O[C@@H](C)C2)cc1. The lowest BCUT2D eigenvalue weighted by Crippen LogP contribution is -2.45. The van der Waals surface area contributed by atoms with Crippen molar-refractivity contribution in [3.8, 4) is 0 Å². The van der Waals surface area contributed by atoms with E-state index in [2.05, 4.69) is 43.0 Å². The van der Waals surface area contributed by atoms with E-state index in [1.807, 2.05) is 6.92 Å². The van der Waals surface area contributed by atoms with E-state index in [1.165, 1.54) is 11.3 Å². The number of morpholine rings is 1. The van der Waals surface area contributed by atoms with Gasteiger partial charge in [-0.3, -0.25) is 0 Å². The monoisotopic (exact) mass is 234 g/mol. The molecule has 0 aromatic heterocycles. The summed E-state index contributed by atoms with van der Waals surface area (Å²) in [5.41, 5.74) is 8.30. The second-order valence-electron chi connectivity index (χ2n) is 5.04. The van der Waals surface area contributed by atoms with E-state index in [1.54, 1.807) is 0 Å². The Hall–Kier alpha value is -1.06. The Labute approximate surface area is 104 Å².